The maximum absolute atomic E-state index is 11.0. The van der Waals surface area contributed by atoms with Crippen molar-refractivity contribution in [3.63, 3.8) is 0 Å². The van der Waals surface area contributed by atoms with E-state index >= 15 is 0 Å². The number of Topliss-reactive ketones (excluding diaryl/α,β-unsaturated/α-hetero) is 1. The van der Waals surface area contributed by atoms with Gasteiger partial charge in [-0.15, -0.1) is 11.8 Å². The topological polar surface area (TPSA) is 54.4 Å². The number of carbonyl (C=O) groups is 2. The van der Waals surface area contributed by atoms with Gasteiger partial charge in [-0.25, -0.2) is 0 Å². The van der Waals surface area contributed by atoms with Crippen LogP contribution in [0, 0.1) is 0 Å². The van der Waals surface area contributed by atoms with Gasteiger partial charge in [-0.1, -0.05) is 12.1 Å². The molecule has 0 atom stereocenters. The molecule has 1 rings (SSSR count). The molecule has 1 aromatic carbocycles. The summed E-state index contributed by atoms with van der Waals surface area (Å²) in [6.07, 6.45) is 0. The Morgan fingerprint density at radius 2 is 2.14 bits per heavy atom. The van der Waals surface area contributed by atoms with Gasteiger partial charge in [-0.2, -0.15) is 0 Å². The molecule has 0 radical (unpaired) electrons. The number of rotatable bonds is 4. The van der Waals surface area contributed by atoms with Crippen molar-refractivity contribution in [1.82, 2.24) is 0 Å². The van der Waals surface area contributed by atoms with Gasteiger partial charge in [0.25, 0.3) is 0 Å². The summed E-state index contributed by atoms with van der Waals surface area (Å²) in [6, 6.07) is 6.96. The van der Waals surface area contributed by atoms with Crippen LogP contribution in [0.5, 0.6) is 0 Å². The number of carboxylic acids is 1. The molecule has 0 bridgehead atoms. The smallest absolute Gasteiger partial charge is 0.313 e. The van der Waals surface area contributed by atoms with Crippen molar-refractivity contribution in [1.29, 1.82) is 0 Å². The number of thioether (sulfide) groups is 1. The summed E-state index contributed by atoms with van der Waals surface area (Å²) in [4.78, 5) is 22.1. The Morgan fingerprint density at radius 1 is 1.43 bits per heavy atom. The molecular formula is C10H10O3S. The zero-order valence-electron chi connectivity index (χ0n) is 7.69. The predicted octanol–water partition coefficient (Wildman–Crippen LogP) is 2.07. The molecule has 0 aliphatic carbocycles. The van der Waals surface area contributed by atoms with Gasteiger partial charge in [0.15, 0.2) is 5.78 Å². The maximum Gasteiger partial charge on any atom is 0.313 e. The fraction of sp³-hybridized carbons (Fsp3) is 0.200. The molecule has 0 amide bonds. The van der Waals surface area contributed by atoms with Crippen LogP contribution in [-0.2, 0) is 4.79 Å². The summed E-state index contributed by atoms with van der Waals surface area (Å²) in [5.41, 5.74) is 0.611. The Morgan fingerprint density at radius 3 is 2.71 bits per heavy atom. The first-order valence-corrected chi connectivity index (χ1v) is 5.04. The molecule has 0 aliphatic rings. The Balaban J connectivity index is 2.73. The van der Waals surface area contributed by atoms with E-state index in [0.717, 1.165) is 4.90 Å². The fourth-order valence-electron chi connectivity index (χ4n) is 0.950. The summed E-state index contributed by atoms with van der Waals surface area (Å²) in [6.45, 7) is 1.49. The summed E-state index contributed by atoms with van der Waals surface area (Å²) >= 11 is 1.21. The summed E-state index contributed by atoms with van der Waals surface area (Å²) in [5, 5.41) is 8.47. The highest BCUT2D eigenvalue weighted by Gasteiger charge is 2.02. The van der Waals surface area contributed by atoms with Crippen LogP contribution in [0.4, 0.5) is 0 Å². The van der Waals surface area contributed by atoms with Gasteiger partial charge < -0.3 is 5.11 Å². The highest BCUT2D eigenvalue weighted by atomic mass is 32.2. The van der Waals surface area contributed by atoms with Gasteiger partial charge in [0.1, 0.15) is 0 Å². The predicted molar refractivity (Wildman–Crippen MR) is 54.8 cm³/mol. The second kappa shape index (κ2) is 4.81. The third-order valence-corrected chi connectivity index (χ3v) is 2.58. The van der Waals surface area contributed by atoms with Crippen LogP contribution in [0.2, 0.25) is 0 Å². The number of carbonyl (C=O) groups excluding carboxylic acids is 1. The Kier molecular flexibility index (Phi) is 3.71. The van der Waals surface area contributed by atoms with E-state index in [4.69, 9.17) is 5.11 Å². The first-order valence-electron chi connectivity index (χ1n) is 4.05. The molecule has 3 nitrogen and oxygen atoms in total. The van der Waals surface area contributed by atoms with Gasteiger partial charge in [0.05, 0.1) is 5.75 Å². The second-order valence-electron chi connectivity index (χ2n) is 2.77. The zero-order chi connectivity index (χ0) is 10.6. The first kappa shape index (κ1) is 10.8. The van der Waals surface area contributed by atoms with Gasteiger partial charge in [-0.05, 0) is 19.1 Å². The fourth-order valence-corrected chi connectivity index (χ4v) is 1.63. The maximum atomic E-state index is 11.0. The molecule has 0 unspecified atom stereocenters. The third-order valence-electron chi connectivity index (χ3n) is 1.60. The monoisotopic (exact) mass is 210 g/mol. The normalized spacial score (nSPS) is 9.79. The minimum Gasteiger partial charge on any atom is -0.481 e. The highest BCUT2D eigenvalue weighted by molar-refractivity contribution is 8.00. The Bertz CT molecular complexity index is 360. The molecule has 4 heteroatoms. The standard InChI is InChI=1S/C10H10O3S/c1-7(11)8-3-2-4-9(5-8)14-6-10(12)13/h2-5H,6H2,1H3,(H,12,13). The number of ketones is 1. The number of hydrogen-bond donors (Lipinski definition) is 1. The van der Waals surface area contributed by atoms with Crippen molar-refractivity contribution in [3.8, 4) is 0 Å². The Labute approximate surface area is 86.1 Å². The van der Waals surface area contributed by atoms with Crippen LogP contribution in [0.25, 0.3) is 0 Å². The van der Waals surface area contributed by atoms with Crippen LogP contribution in [0.15, 0.2) is 29.2 Å². The molecule has 1 aromatic rings. The zero-order valence-corrected chi connectivity index (χ0v) is 8.50. The average Bonchev–Trinajstić information content (AvgIpc) is 2.15. The second-order valence-corrected chi connectivity index (χ2v) is 3.82. The Hall–Kier alpha value is -1.29. The van der Waals surface area contributed by atoms with Crippen LogP contribution >= 0.6 is 11.8 Å². The molecular weight excluding hydrogens is 200 g/mol. The molecule has 0 heterocycles. The van der Waals surface area contributed by atoms with Crippen molar-refractivity contribution in [2.75, 3.05) is 5.75 Å². The van der Waals surface area contributed by atoms with E-state index in [1.54, 1.807) is 24.3 Å². The van der Waals surface area contributed by atoms with Crippen LogP contribution in [0.3, 0.4) is 0 Å². The van der Waals surface area contributed by atoms with E-state index in [0.29, 0.717) is 5.56 Å². The van der Waals surface area contributed by atoms with Gasteiger partial charge in [0.2, 0.25) is 0 Å². The summed E-state index contributed by atoms with van der Waals surface area (Å²) in [7, 11) is 0. The molecule has 0 saturated carbocycles. The van der Waals surface area contributed by atoms with Gasteiger partial charge >= 0.3 is 5.97 Å². The molecule has 0 fully saturated rings. The summed E-state index contributed by atoms with van der Waals surface area (Å²) < 4.78 is 0. The van der Waals surface area contributed by atoms with Crippen molar-refractivity contribution in [3.05, 3.63) is 29.8 Å². The van der Waals surface area contributed by atoms with Gasteiger partial charge in [-0.3, -0.25) is 9.59 Å². The lowest BCUT2D eigenvalue weighted by atomic mass is 10.2. The van der Waals surface area contributed by atoms with E-state index in [1.807, 2.05) is 0 Å². The number of hydrogen-bond acceptors (Lipinski definition) is 3. The molecule has 14 heavy (non-hydrogen) atoms. The van der Waals surface area contributed by atoms with Crippen LogP contribution < -0.4 is 0 Å². The van der Waals surface area contributed by atoms with Crippen molar-refractivity contribution >= 4 is 23.5 Å². The highest BCUT2D eigenvalue weighted by Crippen LogP contribution is 2.18. The molecule has 74 valence electrons. The van der Waals surface area contributed by atoms with E-state index in [2.05, 4.69) is 0 Å². The molecule has 0 aromatic heterocycles. The number of carboxylic acid groups (broad SMARTS) is 1. The van der Waals surface area contributed by atoms with Crippen LogP contribution in [0.1, 0.15) is 17.3 Å². The quantitative estimate of drug-likeness (QED) is 0.610. The van der Waals surface area contributed by atoms with E-state index in [1.165, 1.54) is 18.7 Å². The molecule has 1 N–H and O–H groups in total. The largest absolute Gasteiger partial charge is 0.481 e. The average molecular weight is 210 g/mol. The van der Waals surface area contributed by atoms with Crippen molar-refractivity contribution < 1.29 is 14.7 Å². The van der Waals surface area contributed by atoms with Crippen LogP contribution in [-0.4, -0.2) is 22.6 Å². The number of benzene rings is 1. The minimum absolute atomic E-state index is 0.0113. The third kappa shape index (κ3) is 3.22. The van der Waals surface area contributed by atoms with Crippen molar-refractivity contribution in [2.45, 2.75) is 11.8 Å². The van der Waals surface area contributed by atoms with E-state index in [9.17, 15) is 9.59 Å². The molecule has 0 aliphatic heterocycles. The minimum atomic E-state index is -0.858. The first-order chi connectivity index (χ1) is 6.59. The molecule has 0 saturated heterocycles. The SMILES string of the molecule is CC(=O)c1cccc(SCC(=O)O)c1. The summed E-state index contributed by atoms with van der Waals surface area (Å²) in [5.74, 6) is -0.854. The lowest BCUT2D eigenvalue weighted by Crippen LogP contribution is -1.98. The lowest BCUT2D eigenvalue weighted by molar-refractivity contribution is -0.133. The van der Waals surface area contributed by atoms with E-state index < -0.39 is 5.97 Å². The van der Waals surface area contributed by atoms with E-state index in [-0.39, 0.29) is 11.5 Å². The van der Waals surface area contributed by atoms with Crippen molar-refractivity contribution in [2.24, 2.45) is 0 Å². The number of aliphatic carboxylic acids is 1. The van der Waals surface area contributed by atoms with Gasteiger partial charge in [0, 0.05) is 10.5 Å². The molecule has 0 spiro atoms. The lowest BCUT2D eigenvalue weighted by Gasteiger charge is -2.00.